The van der Waals surface area contributed by atoms with E-state index in [1.165, 1.54) is 19.6 Å². The van der Waals surface area contributed by atoms with Crippen LogP contribution < -0.4 is 15.4 Å². The predicted octanol–water partition coefficient (Wildman–Crippen LogP) is 4.77. The van der Waals surface area contributed by atoms with Gasteiger partial charge in [-0.25, -0.2) is 0 Å². The molecule has 2 N–H and O–H groups in total. The Morgan fingerprint density at radius 2 is 1.77 bits per heavy atom. The van der Waals surface area contributed by atoms with Gasteiger partial charge in [0, 0.05) is 23.5 Å². The Morgan fingerprint density at radius 3 is 2.42 bits per heavy atom. The average molecular weight is 419 g/mol. The summed E-state index contributed by atoms with van der Waals surface area (Å²) < 4.78 is 6.27. The van der Waals surface area contributed by atoms with Gasteiger partial charge in [0.25, 0.3) is 0 Å². The highest BCUT2D eigenvalue weighted by Gasteiger charge is 2.08. The van der Waals surface area contributed by atoms with E-state index >= 15 is 0 Å². The molecule has 0 radical (unpaired) electrons. The summed E-state index contributed by atoms with van der Waals surface area (Å²) in [6.45, 7) is 1.43. The maximum absolute atomic E-state index is 12.1. The quantitative estimate of drug-likeness (QED) is 0.606. The first-order chi connectivity index (χ1) is 12.5. The molecule has 0 spiro atoms. The van der Waals surface area contributed by atoms with Crippen molar-refractivity contribution in [1.82, 2.24) is 0 Å². The number of carbonyl (C=O) groups is 2. The summed E-state index contributed by atoms with van der Waals surface area (Å²) in [5, 5.41) is 5.55. The highest BCUT2D eigenvalue weighted by atomic mass is 79.9. The first-order valence-corrected chi connectivity index (χ1v) is 9.27. The molecule has 2 rings (SSSR count). The Labute approximate surface area is 162 Å². The van der Waals surface area contributed by atoms with Crippen molar-refractivity contribution in [2.45, 2.75) is 32.6 Å². The summed E-state index contributed by atoms with van der Waals surface area (Å²) in [4.78, 5) is 23.4. The van der Waals surface area contributed by atoms with E-state index in [4.69, 9.17) is 4.74 Å². The number of unbranched alkanes of at least 4 members (excludes halogenated alkanes) is 1. The zero-order chi connectivity index (χ0) is 18.9. The second-order valence-electron chi connectivity index (χ2n) is 5.98. The molecule has 0 aliphatic heterocycles. The molecule has 0 atom stereocenters. The Bertz CT molecular complexity index is 760. The molecule has 0 heterocycles. The molecule has 0 bridgehead atoms. The molecule has 0 unspecified atom stereocenters. The van der Waals surface area contributed by atoms with Crippen LogP contribution in [0, 0.1) is 0 Å². The molecule has 5 nitrogen and oxygen atoms in total. The van der Waals surface area contributed by atoms with Crippen LogP contribution in [-0.4, -0.2) is 18.9 Å². The molecule has 6 heteroatoms. The van der Waals surface area contributed by atoms with Gasteiger partial charge in [-0.2, -0.15) is 0 Å². The van der Waals surface area contributed by atoms with Crippen LogP contribution in [0.5, 0.6) is 5.75 Å². The van der Waals surface area contributed by atoms with Gasteiger partial charge >= 0.3 is 0 Å². The zero-order valence-corrected chi connectivity index (χ0v) is 16.6. The molecular weight excluding hydrogens is 396 g/mol. The van der Waals surface area contributed by atoms with Gasteiger partial charge in [-0.15, -0.1) is 0 Å². The van der Waals surface area contributed by atoms with Crippen LogP contribution in [0.1, 0.15) is 31.7 Å². The number of hydrogen-bond acceptors (Lipinski definition) is 3. The molecule has 0 fully saturated rings. The van der Waals surface area contributed by atoms with Crippen molar-refractivity contribution in [3.8, 4) is 5.75 Å². The van der Waals surface area contributed by atoms with Gasteiger partial charge in [-0.1, -0.05) is 28.1 Å². The lowest BCUT2D eigenvalue weighted by atomic mass is 10.1. The van der Waals surface area contributed by atoms with E-state index in [-0.39, 0.29) is 11.8 Å². The number of aryl methyl sites for hydroxylation is 1. The smallest absolute Gasteiger partial charge is 0.224 e. The number of methoxy groups -OCH3 is 1. The summed E-state index contributed by atoms with van der Waals surface area (Å²) in [7, 11) is 1.53. The standard InChI is InChI=1S/C20H23BrN2O3/c1-14(24)22-18-13-17(11-12-19(18)26-2)23-20(25)6-4-3-5-15-7-9-16(21)10-8-15/h7-13H,3-6H2,1-2H3,(H,22,24)(H,23,25). The van der Waals surface area contributed by atoms with E-state index in [1.807, 2.05) is 12.1 Å². The highest BCUT2D eigenvalue weighted by Crippen LogP contribution is 2.28. The Balaban J connectivity index is 1.81. The van der Waals surface area contributed by atoms with E-state index in [1.54, 1.807) is 18.2 Å². The van der Waals surface area contributed by atoms with Crippen molar-refractivity contribution in [2.24, 2.45) is 0 Å². The van der Waals surface area contributed by atoms with E-state index in [0.717, 1.165) is 23.7 Å². The molecule has 2 aromatic rings. The normalized spacial score (nSPS) is 10.3. The van der Waals surface area contributed by atoms with Crippen LogP contribution in [0.3, 0.4) is 0 Å². The molecule has 2 amide bonds. The van der Waals surface area contributed by atoms with Crippen molar-refractivity contribution in [3.63, 3.8) is 0 Å². The van der Waals surface area contributed by atoms with Crippen LogP contribution >= 0.6 is 15.9 Å². The number of ether oxygens (including phenoxy) is 1. The maximum Gasteiger partial charge on any atom is 0.224 e. The number of carbonyl (C=O) groups excluding carboxylic acids is 2. The molecule has 0 aliphatic rings. The predicted molar refractivity (Wildman–Crippen MR) is 108 cm³/mol. The molecular formula is C20H23BrN2O3. The lowest BCUT2D eigenvalue weighted by molar-refractivity contribution is -0.116. The monoisotopic (exact) mass is 418 g/mol. The average Bonchev–Trinajstić information content (AvgIpc) is 2.60. The van der Waals surface area contributed by atoms with Crippen molar-refractivity contribution < 1.29 is 14.3 Å². The second-order valence-corrected chi connectivity index (χ2v) is 6.89. The van der Waals surface area contributed by atoms with Crippen LogP contribution in [-0.2, 0) is 16.0 Å². The van der Waals surface area contributed by atoms with Crippen molar-refractivity contribution in [3.05, 3.63) is 52.5 Å². The number of hydrogen-bond donors (Lipinski definition) is 2. The van der Waals surface area contributed by atoms with Gasteiger partial charge in [0.2, 0.25) is 11.8 Å². The highest BCUT2D eigenvalue weighted by molar-refractivity contribution is 9.10. The minimum atomic E-state index is -0.195. The molecule has 0 saturated carbocycles. The third-order valence-corrected chi connectivity index (χ3v) is 4.36. The SMILES string of the molecule is COc1ccc(NC(=O)CCCCc2ccc(Br)cc2)cc1NC(C)=O. The Hall–Kier alpha value is -2.34. The number of benzene rings is 2. The largest absolute Gasteiger partial charge is 0.495 e. The fraction of sp³-hybridized carbons (Fsp3) is 0.300. The third kappa shape index (κ3) is 6.52. The summed E-state index contributed by atoms with van der Waals surface area (Å²) in [5.41, 5.74) is 2.43. The first-order valence-electron chi connectivity index (χ1n) is 8.48. The summed E-state index contributed by atoms with van der Waals surface area (Å²) in [6.07, 6.45) is 3.18. The number of amides is 2. The number of anilines is 2. The molecule has 0 saturated heterocycles. The lowest BCUT2D eigenvalue weighted by Crippen LogP contribution is -2.12. The van der Waals surface area contributed by atoms with E-state index < -0.39 is 0 Å². The summed E-state index contributed by atoms with van der Waals surface area (Å²) >= 11 is 3.42. The minimum Gasteiger partial charge on any atom is -0.495 e. The van der Waals surface area contributed by atoms with Gasteiger partial charge < -0.3 is 15.4 Å². The van der Waals surface area contributed by atoms with Crippen LogP contribution in [0.25, 0.3) is 0 Å². The molecule has 2 aromatic carbocycles. The number of halogens is 1. The lowest BCUT2D eigenvalue weighted by Gasteiger charge is -2.12. The van der Waals surface area contributed by atoms with Gasteiger partial charge in [0.05, 0.1) is 12.8 Å². The summed E-state index contributed by atoms with van der Waals surface area (Å²) in [6, 6.07) is 13.4. The maximum atomic E-state index is 12.1. The van der Waals surface area contributed by atoms with Crippen molar-refractivity contribution in [2.75, 3.05) is 17.7 Å². The number of nitrogens with one attached hydrogen (secondary N) is 2. The van der Waals surface area contributed by atoms with Crippen molar-refractivity contribution >= 4 is 39.1 Å². The van der Waals surface area contributed by atoms with Crippen LogP contribution in [0.4, 0.5) is 11.4 Å². The zero-order valence-electron chi connectivity index (χ0n) is 15.0. The second kappa shape index (κ2) is 9.97. The van der Waals surface area contributed by atoms with Crippen molar-refractivity contribution in [1.29, 1.82) is 0 Å². The fourth-order valence-electron chi connectivity index (χ4n) is 2.56. The fourth-order valence-corrected chi connectivity index (χ4v) is 2.83. The third-order valence-electron chi connectivity index (χ3n) is 3.83. The van der Waals surface area contributed by atoms with Gasteiger partial charge in [0.15, 0.2) is 0 Å². The van der Waals surface area contributed by atoms with E-state index in [2.05, 4.69) is 38.7 Å². The molecule has 0 aromatic heterocycles. The summed E-state index contributed by atoms with van der Waals surface area (Å²) in [5.74, 6) is 0.312. The van der Waals surface area contributed by atoms with Gasteiger partial charge in [0.1, 0.15) is 5.75 Å². The van der Waals surface area contributed by atoms with Gasteiger partial charge in [-0.05, 0) is 55.2 Å². The molecule has 26 heavy (non-hydrogen) atoms. The minimum absolute atomic E-state index is 0.0419. The van der Waals surface area contributed by atoms with Gasteiger partial charge in [-0.3, -0.25) is 9.59 Å². The Kier molecular flexibility index (Phi) is 7.66. The number of rotatable bonds is 8. The van der Waals surface area contributed by atoms with Crippen LogP contribution in [0.15, 0.2) is 46.9 Å². The first kappa shape index (κ1) is 20.0. The molecule has 138 valence electrons. The van der Waals surface area contributed by atoms with Crippen LogP contribution in [0.2, 0.25) is 0 Å². The Morgan fingerprint density at radius 1 is 1.04 bits per heavy atom. The van der Waals surface area contributed by atoms with E-state index in [0.29, 0.717) is 23.5 Å². The molecule has 0 aliphatic carbocycles. The van der Waals surface area contributed by atoms with E-state index in [9.17, 15) is 9.59 Å². The topological polar surface area (TPSA) is 67.4 Å².